The number of fused-ring (bicyclic) bond motifs is 1. The number of aromatic nitrogens is 1. The molecule has 2 unspecified atom stereocenters. The molecule has 1 fully saturated rings. The number of carbonyl (C=O) groups excluding carboxylic acids is 1. The first-order valence-electron chi connectivity index (χ1n) is 7.97. The highest BCUT2D eigenvalue weighted by Gasteiger charge is 2.60. The summed E-state index contributed by atoms with van der Waals surface area (Å²) in [6.45, 7) is 3.59. The van der Waals surface area contributed by atoms with Gasteiger partial charge in [0, 0.05) is 29.0 Å². The largest absolute Gasteiger partial charge is 0.477 e. The molecule has 2 aliphatic rings. The first kappa shape index (κ1) is 17.0. The smallest absolute Gasteiger partial charge is 0.352 e. The van der Waals surface area contributed by atoms with Gasteiger partial charge in [-0.3, -0.25) is 9.78 Å². The zero-order chi connectivity index (χ0) is 17.4. The lowest BCUT2D eigenvalue weighted by Gasteiger charge is -2.47. The molecule has 1 aromatic heterocycles. The standard InChI is InChI=1S/C17H20N2O4S/c1-3-11-12(8-24-10-4-6-18-7-5-10)15(17(22)23)19-14(11)13(9(2)20)16(19)21/h4-7,9,11,13-14,20H,3,8H2,1-2H3,(H,22,23)/t9?,11?,13-,14+/m0/s1. The minimum absolute atomic E-state index is 0.0252. The van der Waals surface area contributed by atoms with E-state index in [1.807, 2.05) is 19.1 Å². The molecule has 6 nitrogen and oxygen atoms in total. The number of aliphatic hydroxyl groups is 1. The maximum atomic E-state index is 12.3. The third-order valence-electron chi connectivity index (χ3n) is 4.80. The number of aliphatic hydroxyl groups excluding tert-OH is 1. The molecule has 0 saturated carbocycles. The molecule has 1 saturated heterocycles. The van der Waals surface area contributed by atoms with Gasteiger partial charge in [0.1, 0.15) is 5.70 Å². The Hall–Kier alpha value is -1.86. The van der Waals surface area contributed by atoms with E-state index in [0.717, 1.165) is 16.9 Å². The number of pyridine rings is 1. The van der Waals surface area contributed by atoms with Gasteiger partial charge in [-0.05, 0) is 31.1 Å². The zero-order valence-electron chi connectivity index (χ0n) is 13.5. The molecule has 3 rings (SSSR count). The van der Waals surface area contributed by atoms with E-state index in [2.05, 4.69) is 4.98 Å². The SMILES string of the molecule is CCC1C(CSc2ccncc2)=C(C(=O)O)N2C(=O)[C@@H](C(C)O)[C@@H]12. The van der Waals surface area contributed by atoms with Crippen LogP contribution >= 0.6 is 11.8 Å². The van der Waals surface area contributed by atoms with Crippen molar-refractivity contribution >= 4 is 23.6 Å². The van der Waals surface area contributed by atoms with Crippen molar-refractivity contribution in [2.24, 2.45) is 11.8 Å². The summed E-state index contributed by atoms with van der Waals surface area (Å²) in [7, 11) is 0. The number of β-lactam (4-membered cyclic amide) rings is 1. The highest BCUT2D eigenvalue weighted by atomic mass is 32.2. The Morgan fingerprint density at radius 3 is 2.62 bits per heavy atom. The van der Waals surface area contributed by atoms with Crippen molar-refractivity contribution in [3.05, 3.63) is 35.8 Å². The number of carboxylic acid groups (broad SMARTS) is 1. The van der Waals surface area contributed by atoms with Gasteiger partial charge in [-0.25, -0.2) is 4.79 Å². The van der Waals surface area contributed by atoms with Gasteiger partial charge in [0.25, 0.3) is 0 Å². The van der Waals surface area contributed by atoms with E-state index in [4.69, 9.17) is 0 Å². The number of hydrogen-bond donors (Lipinski definition) is 2. The quantitative estimate of drug-likeness (QED) is 0.601. The fourth-order valence-corrected chi connectivity index (χ4v) is 4.74. The maximum Gasteiger partial charge on any atom is 0.352 e. The normalized spacial score (nSPS) is 27.0. The maximum absolute atomic E-state index is 12.3. The first-order chi connectivity index (χ1) is 11.5. The lowest BCUT2D eigenvalue weighted by atomic mass is 9.76. The van der Waals surface area contributed by atoms with Gasteiger partial charge >= 0.3 is 5.97 Å². The lowest BCUT2D eigenvalue weighted by molar-refractivity contribution is -0.163. The van der Waals surface area contributed by atoms with E-state index < -0.39 is 18.0 Å². The minimum Gasteiger partial charge on any atom is -0.477 e. The number of amides is 1. The van der Waals surface area contributed by atoms with Crippen LogP contribution in [0, 0.1) is 11.8 Å². The summed E-state index contributed by atoms with van der Waals surface area (Å²) in [5.41, 5.74) is 0.892. The average molecular weight is 348 g/mol. The molecule has 24 heavy (non-hydrogen) atoms. The van der Waals surface area contributed by atoms with Crippen molar-refractivity contribution in [2.75, 3.05) is 5.75 Å². The van der Waals surface area contributed by atoms with Crippen LogP contribution in [-0.4, -0.2) is 49.9 Å². The summed E-state index contributed by atoms with van der Waals surface area (Å²) < 4.78 is 0. The predicted molar refractivity (Wildman–Crippen MR) is 89.2 cm³/mol. The fourth-order valence-electron chi connectivity index (χ4n) is 3.75. The Morgan fingerprint density at radius 1 is 1.42 bits per heavy atom. The average Bonchev–Trinajstić information content (AvgIpc) is 2.83. The number of carbonyl (C=O) groups is 2. The summed E-state index contributed by atoms with van der Waals surface area (Å²) in [6, 6.07) is 3.52. The Bertz CT molecular complexity index is 689. The van der Waals surface area contributed by atoms with E-state index in [0.29, 0.717) is 5.75 Å². The first-order valence-corrected chi connectivity index (χ1v) is 8.96. The van der Waals surface area contributed by atoms with Crippen LogP contribution in [0.3, 0.4) is 0 Å². The second kappa shape index (κ2) is 6.57. The molecule has 0 bridgehead atoms. The fraction of sp³-hybridized carbons (Fsp3) is 0.471. The molecule has 1 aromatic rings. The van der Waals surface area contributed by atoms with Gasteiger partial charge in [-0.1, -0.05) is 6.92 Å². The van der Waals surface area contributed by atoms with E-state index in [9.17, 15) is 19.8 Å². The molecule has 1 amide bonds. The van der Waals surface area contributed by atoms with E-state index >= 15 is 0 Å². The van der Waals surface area contributed by atoms with Crippen LogP contribution in [0.4, 0.5) is 0 Å². The number of aliphatic carboxylic acids is 1. The molecule has 0 aromatic carbocycles. The van der Waals surface area contributed by atoms with Crippen molar-refractivity contribution in [3.63, 3.8) is 0 Å². The van der Waals surface area contributed by atoms with Gasteiger partial charge < -0.3 is 15.1 Å². The molecule has 0 spiro atoms. The molecule has 2 N–H and O–H groups in total. The zero-order valence-corrected chi connectivity index (χ0v) is 14.4. The second-order valence-electron chi connectivity index (χ2n) is 6.13. The molecule has 7 heteroatoms. The summed E-state index contributed by atoms with van der Waals surface area (Å²) in [5.74, 6) is -1.37. The van der Waals surface area contributed by atoms with Crippen molar-refractivity contribution in [1.29, 1.82) is 0 Å². The summed E-state index contributed by atoms with van der Waals surface area (Å²) in [6.07, 6.45) is 3.36. The predicted octanol–water partition coefficient (Wildman–Crippen LogP) is 1.76. The Morgan fingerprint density at radius 2 is 2.08 bits per heavy atom. The molecular weight excluding hydrogens is 328 g/mol. The molecule has 4 atom stereocenters. The van der Waals surface area contributed by atoms with Crippen molar-refractivity contribution in [3.8, 4) is 0 Å². The molecule has 0 radical (unpaired) electrons. The third kappa shape index (κ3) is 2.61. The summed E-state index contributed by atoms with van der Waals surface area (Å²) >= 11 is 1.54. The van der Waals surface area contributed by atoms with Crippen LogP contribution in [0.15, 0.2) is 40.7 Å². The van der Waals surface area contributed by atoms with Crippen molar-refractivity contribution in [1.82, 2.24) is 9.88 Å². The Balaban J connectivity index is 1.90. The number of rotatable bonds is 6. The van der Waals surface area contributed by atoms with Gasteiger partial charge in [0.15, 0.2) is 0 Å². The molecule has 128 valence electrons. The van der Waals surface area contributed by atoms with Gasteiger partial charge in [0.05, 0.1) is 18.1 Å². The number of nitrogens with zero attached hydrogens (tertiary/aromatic N) is 2. The number of hydrogen-bond acceptors (Lipinski definition) is 5. The number of thioether (sulfide) groups is 1. The topological polar surface area (TPSA) is 90.7 Å². The number of carboxylic acids is 1. The van der Waals surface area contributed by atoms with Crippen LogP contribution in [0.1, 0.15) is 20.3 Å². The molecular formula is C17H20N2O4S. The van der Waals surface area contributed by atoms with Crippen molar-refractivity contribution in [2.45, 2.75) is 37.3 Å². The Kier molecular flexibility index (Phi) is 4.64. The Labute approximate surface area is 144 Å². The summed E-state index contributed by atoms with van der Waals surface area (Å²) in [4.78, 5) is 30.5. The van der Waals surface area contributed by atoms with E-state index in [1.165, 1.54) is 16.7 Å². The second-order valence-corrected chi connectivity index (χ2v) is 7.18. The molecule has 0 aliphatic carbocycles. The van der Waals surface area contributed by atoms with Crippen LogP contribution in [0.5, 0.6) is 0 Å². The third-order valence-corrected chi connectivity index (χ3v) is 5.86. The molecule has 2 aliphatic heterocycles. The lowest BCUT2D eigenvalue weighted by Crippen LogP contribution is -2.63. The van der Waals surface area contributed by atoms with Gasteiger partial charge in [-0.15, -0.1) is 11.8 Å². The summed E-state index contributed by atoms with van der Waals surface area (Å²) in [5, 5.41) is 19.5. The van der Waals surface area contributed by atoms with E-state index in [1.54, 1.807) is 19.3 Å². The van der Waals surface area contributed by atoms with Crippen LogP contribution in [-0.2, 0) is 9.59 Å². The highest BCUT2D eigenvalue weighted by molar-refractivity contribution is 7.99. The van der Waals surface area contributed by atoms with E-state index in [-0.39, 0.29) is 23.6 Å². The van der Waals surface area contributed by atoms with Crippen molar-refractivity contribution < 1.29 is 19.8 Å². The molecule has 3 heterocycles. The van der Waals surface area contributed by atoms with Crippen LogP contribution in [0.2, 0.25) is 0 Å². The van der Waals surface area contributed by atoms with Gasteiger partial charge in [0.2, 0.25) is 5.91 Å². The monoisotopic (exact) mass is 348 g/mol. The minimum atomic E-state index is -1.07. The highest BCUT2D eigenvalue weighted by Crippen LogP contribution is 2.49. The van der Waals surface area contributed by atoms with Crippen LogP contribution in [0.25, 0.3) is 0 Å². The van der Waals surface area contributed by atoms with Gasteiger partial charge in [-0.2, -0.15) is 0 Å². The van der Waals surface area contributed by atoms with Crippen LogP contribution < -0.4 is 0 Å².